The van der Waals surface area contributed by atoms with Gasteiger partial charge in [0.1, 0.15) is 0 Å². The summed E-state index contributed by atoms with van der Waals surface area (Å²) in [4.78, 5) is 2.84. The van der Waals surface area contributed by atoms with Gasteiger partial charge < -0.3 is 5.32 Å². The highest BCUT2D eigenvalue weighted by Gasteiger charge is 2.47. The van der Waals surface area contributed by atoms with Crippen molar-refractivity contribution in [3.8, 4) is 0 Å². The zero-order valence-electron chi connectivity index (χ0n) is 12.9. The van der Waals surface area contributed by atoms with Crippen molar-refractivity contribution in [2.45, 2.75) is 89.8 Å². The van der Waals surface area contributed by atoms with E-state index >= 15 is 0 Å². The van der Waals surface area contributed by atoms with E-state index in [0.29, 0.717) is 17.1 Å². The van der Waals surface area contributed by atoms with Gasteiger partial charge in [0.15, 0.2) is 0 Å². The lowest BCUT2D eigenvalue weighted by atomic mass is 9.74. The van der Waals surface area contributed by atoms with E-state index in [0.717, 1.165) is 0 Å². The number of hydrogen-bond donors (Lipinski definition) is 1. The predicted octanol–water partition coefficient (Wildman–Crippen LogP) is 3.56. The van der Waals surface area contributed by atoms with Crippen LogP contribution < -0.4 is 5.32 Å². The summed E-state index contributed by atoms with van der Waals surface area (Å²) in [6.07, 6.45) is 9.61. The van der Waals surface area contributed by atoms with Crippen LogP contribution in [0.1, 0.15) is 72.6 Å². The fraction of sp³-hybridized carbons (Fsp3) is 1.00. The van der Waals surface area contributed by atoms with Gasteiger partial charge >= 0.3 is 0 Å². The van der Waals surface area contributed by atoms with Gasteiger partial charge in [-0.15, -0.1) is 0 Å². The van der Waals surface area contributed by atoms with Crippen molar-refractivity contribution < 1.29 is 0 Å². The molecule has 1 spiro atoms. The van der Waals surface area contributed by atoms with Gasteiger partial charge in [-0.2, -0.15) is 0 Å². The minimum atomic E-state index is 0.368. The molecular formula is C16H32N2. The van der Waals surface area contributed by atoms with Gasteiger partial charge in [0.05, 0.1) is 0 Å². The Labute approximate surface area is 114 Å². The topological polar surface area (TPSA) is 15.3 Å². The molecule has 18 heavy (non-hydrogen) atoms. The molecule has 0 radical (unpaired) electrons. The van der Waals surface area contributed by atoms with Gasteiger partial charge in [0, 0.05) is 30.2 Å². The monoisotopic (exact) mass is 252 g/mol. The lowest BCUT2D eigenvalue weighted by Gasteiger charge is -2.57. The van der Waals surface area contributed by atoms with Crippen LogP contribution in [0.5, 0.6) is 0 Å². The molecule has 0 aromatic heterocycles. The second kappa shape index (κ2) is 5.50. The first-order valence-corrected chi connectivity index (χ1v) is 8.09. The minimum Gasteiger partial charge on any atom is -0.308 e. The summed E-state index contributed by atoms with van der Waals surface area (Å²) in [5, 5.41) is 3.94. The van der Waals surface area contributed by atoms with E-state index in [-0.39, 0.29) is 0 Å². The standard InChI is InChI=1S/C16H32N2/c1-5-15(6-2)13-18(14(3)4)16(12-17-15)10-8-7-9-11-16/h14,17H,5-13H2,1-4H3. The number of nitrogens with one attached hydrogen (secondary N) is 1. The average molecular weight is 252 g/mol. The molecule has 2 nitrogen and oxygen atoms in total. The van der Waals surface area contributed by atoms with Crippen LogP contribution in [-0.2, 0) is 0 Å². The van der Waals surface area contributed by atoms with Crippen molar-refractivity contribution in [2.75, 3.05) is 13.1 Å². The molecule has 0 unspecified atom stereocenters. The molecule has 2 aliphatic rings. The maximum Gasteiger partial charge on any atom is 0.0337 e. The summed E-state index contributed by atoms with van der Waals surface area (Å²) in [7, 11) is 0. The van der Waals surface area contributed by atoms with Crippen LogP contribution in [0.2, 0.25) is 0 Å². The van der Waals surface area contributed by atoms with Crippen molar-refractivity contribution >= 4 is 0 Å². The van der Waals surface area contributed by atoms with E-state index in [9.17, 15) is 0 Å². The van der Waals surface area contributed by atoms with Crippen LogP contribution in [0, 0.1) is 0 Å². The number of piperazine rings is 1. The summed E-state index contributed by atoms with van der Waals surface area (Å²) < 4.78 is 0. The highest BCUT2D eigenvalue weighted by atomic mass is 15.3. The largest absolute Gasteiger partial charge is 0.308 e. The Morgan fingerprint density at radius 3 is 2.17 bits per heavy atom. The smallest absolute Gasteiger partial charge is 0.0337 e. The molecule has 1 heterocycles. The third-order valence-corrected chi connectivity index (χ3v) is 5.64. The van der Waals surface area contributed by atoms with Crippen LogP contribution >= 0.6 is 0 Å². The summed E-state index contributed by atoms with van der Waals surface area (Å²) in [6.45, 7) is 11.9. The van der Waals surface area contributed by atoms with Gasteiger partial charge in [0.25, 0.3) is 0 Å². The Bertz CT molecular complexity index is 262. The lowest BCUT2D eigenvalue weighted by molar-refractivity contribution is -0.0415. The van der Waals surface area contributed by atoms with Crippen molar-refractivity contribution in [3.63, 3.8) is 0 Å². The molecular weight excluding hydrogens is 220 g/mol. The fourth-order valence-electron chi connectivity index (χ4n) is 4.13. The zero-order chi connectivity index (χ0) is 13.2. The third-order valence-electron chi connectivity index (χ3n) is 5.64. The number of hydrogen-bond acceptors (Lipinski definition) is 2. The SMILES string of the molecule is CCC1(CC)CN(C(C)C)C2(CCCCC2)CN1. The molecule has 1 saturated carbocycles. The predicted molar refractivity (Wildman–Crippen MR) is 79.0 cm³/mol. The summed E-state index contributed by atoms with van der Waals surface area (Å²) in [6, 6.07) is 0.683. The van der Waals surface area contributed by atoms with Crippen LogP contribution in [0.15, 0.2) is 0 Å². The summed E-state index contributed by atoms with van der Waals surface area (Å²) >= 11 is 0. The molecule has 106 valence electrons. The Morgan fingerprint density at radius 1 is 1.06 bits per heavy atom. The molecule has 0 amide bonds. The van der Waals surface area contributed by atoms with Crippen LogP contribution in [0.3, 0.4) is 0 Å². The molecule has 2 fully saturated rings. The van der Waals surface area contributed by atoms with E-state index < -0.39 is 0 Å². The molecule has 2 heteroatoms. The van der Waals surface area contributed by atoms with Crippen molar-refractivity contribution in [1.82, 2.24) is 10.2 Å². The lowest BCUT2D eigenvalue weighted by Crippen LogP contribution is -2.71. The molecule has 1 aliphatic carbocycles. The quantitative estimate of drug-likeness (QED) is 0.826. The Balaban J connectivity index is 2.18. The maximum absolute atomic E-state index is 3.94. The Morgan fingerprint density at radius 2 is 1.67 bits per heavy atom. The summed E-state index contributed by atoms with van der Waals surface area (Å²) in [5.74, 6) is 0. The molecule has 0 atom stereocenters. The first kappa shape index (κ1) is 14.3. The molecule has 0 aromatic rings. The second-order valence-corrected chi connectivity index (χ2v) is 6.85. The van der Waals surface area contributed by atoms with E-state index in [1.165, 1.54) is 58.0 Å². The third kappa shape index (κ3) is 2.46. The normalized spacial score (nSPS) is 27.8. The molecule has 0 aromatic carbocycles. The van der Waals surface area contributed by atoms with Crippen molar-refractivity contribution in [1.29, 1.82) is 0 Å². The second-order valence-electron chi connectivity index (χ2n) is 6.85. The van der Waals surface area contributed by atoms with Gasteiger partial charge in [-0.05, 0) is 39.5 Å². The van der Waals surface area contributed by atoms with E-state index in [2.05, 4.69) is 37.9 Å². The highest BCUT2D eigenvalue weighted by Crippen LogP contribution is 2.39. The van der Waals surface area contributed by atoms with Crippen molar-refractivity contribution in [3.05, 3.63) is 0 Å². The number of nitrogens with zero attached hydrogens (tertiary/aromatic N) is 1. The molecule has 1 saturated heterocycles. The number of rotatable bonds is 3. The highest BCUT2D eigenvalue weighted by molar-refractivity contribution is 5.06. The Hall–Kier alpha value is -0.0800. The first-order chi connectivity index (χ1) is 8.57. The molecule has 0 bridgehead atoms. The molecule has 2 rings (SSSR count). The van der Waals surface area contributed by atoms with Crippen molar-refractivity contribution in [2.24, 2.45) is 0 Å². The van der Waals surface area contributed by atoms with Gasteiger partial charge in [-0.25, -0.2) is 0 Å². The summed E-state index contributed by atoms with van der Waals surface area (Å²) in [5.41, 5.74) is 0.840. The maximum atomic E-state index is 3.94. The van der Waals surface area contributed by atoms with E-state index in [1.807, 2.05) is 0 Å². The van der Waals surface area contributed by atoms with Gasteiger partial charge in [-0.1, -0.05) is 33.1 Å². The van der Waals surface area contributed by atoms with Gasteiger partial charge in [-0.3, -0.25) is 4.90 Å². The first-order valence-electron chi connectivity index (χ1n) is 8.09. The molecule has 1 N–H and O–H groups in total. The minimum absolute atomic E-state index is 0.368. The van der Waals surface area contributed by atoms with E-state index in [1.54, 1.807) is 0 Å². The van der Waals surface area contributed by atoms with Crippen LogP contribution in [0.4, 0.5) is 0 Å². The van der Waals surface area contributed by atoms with Gasteiger partial charge in [0.2, 0.25) is 0 Å². The van der Waals surface area contributed by atoms with Crippen LogP contribution in [-0.4, -0.2) is 35.1 Å². The Kier molecular flexibility index (Phi) is 4.38. The molecule has 1 aliphatic heterocycles. The van der Waals surface area contributed by atoms with E-state index in [4.69, 9.17) is 0 Å². The van der Waals surface area contributed by atoms with Crippen LogP contribution in [0.25, 0.3) is 0 Å². The fourth-order valence-corrected chi connectivity index (χ4v) is 4.13. The zero-order valence-corrected chi connectivity index (χ0v) is 12.9. The average Bonchev–Trinajstić information content (AvgIpc) is 2.41.